The van der Waals surface area contributed by atoms with Crippen LogP contribution in [0.3, 0.4) is 0 Å². The molecule has 0 fully saturated rings. The van der Waals surface area contributed by atoms with E-state index in [1.165, 1.54) is 18.2 Å². The molecule has 0 saturated heterocycles. The summed E-state index contributed by atoms with van der Waals surface area (Å²) in [6.07, 6.45) is 0. The number of hydrogen-bond acceptors (Lipinski definition) is 0. The summed E-state index contributed by atoms with van der Waals surface area (Å²) in [5.74, 6) is -0.773. The lowest BCUT2D eigenvalue weighted by Crippen LogP contribution is -1.83. The minimum absolute atomic E-state index is 0.339. The summed E-state index contributed by atoms with van der Waals surface area (Å²) in [6, 6.07) is 7.37. The highest BCUT2D eigenvalue weighted by molar-refractivity contribution is 5.83. The fraction of sp³-hybridized carbons (Fsp3) is 0.0909. The first-order chi connectivity index (χ1) is 6.16. The van der Waals surface area contributed by atoms with Crippen LogP contribution >= 0.6 is 0 Å². The van der Waals surface area contributed by atoms with Gasteiger partial charge in [0.2, 0.25) is 0 Å². The molecule has 0 atom stereocenters. The Morgan fingerprint density at radius 3 is 2.54 bits per heavy atom. The number of rotatable bonds is 0. The van der Waals surface area contributed by atoms with Gasteiger partial charge in [-0.05, 0) is 36.1 Å². The fourth-order valence-electron chi connectivity index (χ4n) is 1.43. The van der Waals surface area contributed by atoms with Crippen molar-refractivity contribution in [3.8, 4) is 0 Å². The molecule has 13 heavy (non-hydrogen) atoms. The lowest BCUT2D eigenvalue weighted by molar-refractivity contribution is 0.621. The monoisotopic (exact) mass is 178 g/mol. The van der Waals surface area contributed by atoms with Crippen LogP contribution in [-0.2, 0) is 0 Å². The molecule has 0 amide bonds. The average molecular weight is 178 g/mol. The van der Waals surface area contributed by atoms with E-state index in [1.54, 1.807) is 6.07 Å². The molecule has 0 saturated carbocycles. The van der Waals surface area contributed by atoms with E-state index in [2.05, 4.69) is 0 Å². The number of aryl methyl sites for hydroxylation is 1. The molecule has 0 aliphatic carbocycles. The molecule has 0 spiro atoms. The number of benzene rings is 2. The summed E-state index contributed by atoms with van der Waals surface area (Å²) in [5.41, 5.74) is 0.844. The maximum absolute atomic E-state index is 13.3. The van der Waals surface area contributed by atoms with Gasteiger partial charge in [0.25, 0.3) is 0 Å². The van der Waals surface area contributed by atoms with Gasteiger partial charge in [-0.1, -0.05) is 12.1 Å². The van der Waals surface area contributed by atoms with Gasteiger partial charge >= 0.3 is 0 Å². The predicted octanol–water partition coefficient (Wildman–Crippen LogP) is 3.43. The second-order valence-corrected chi connectivity index (χ2v) is 3.11. The molecule has 0 unspecified atom stereocenters. The van der Waals surface area contributed by atoms with Crippen LogP contribution in [0.25, 0.3) is 10.8 Å². The minimum Gasteiger partial charge on any atom is -0.207 e. The quantitative estimate of drug-likeness (QED) is 0.579. The van der Waals surface area contributed by atoms with E-state index in [1.807, 2.05) is 13.0 Å². The molecule has 0 nitrogen and oxygen atoms in total. The second-order valence-electron chi connectivity index (χ2n) is 3.11. The van der Waals surface area contributed by atoms with Crippen LogP contribution in [0.2, 0.25) is 0 Å². The van der Waals surface area contributed by atoms with E-state index in [-0.39, 0.29) is 5.82 Å². The molecule has 0 bridgehead atoms. The Balaban J connectivity index is 2.87. The van der Waals surface area contributed by atoms with Gasteiger partial charge in [0.05, 0.1) is 0 Å². The van der Waals surface area contributed by atoms with Crippen molar-refractivity contribution in [1.29, 1.82) is 0 Å². The van der Waals surface area contributed by atoms with E-state index >= 15 is 0 Å². The van der Waals surface area contributed by atoms with Crippen LogP contribution in [0.1, 0.15) is 5.56 Å². The molecule has 0 N–H and O–H groups in total. The Labute approximate surface area is 74.8 Å². The first kappa shape index (κ1) is 8.17. The van der Waals surface area contributed by atoms with Crippen molar-refractivity contribution in [3.63, 3.8) is 0 Å². The summed E-state index contributed by atoms with van der Waals surface area (Å²) >= 11 is 0. The summed E-state index contributed by atoms with van der Waals surface area (Å²) in [4.78, 5) is 0. The van der Waals surface area contributed by atoms with Crippen molar-refractivity contribution in [1.82, 2.24) is 0 Å². The largest absolute Gasteiger partial charge is 0.207 e. The lowest BCUT2D eigenvalue weighted by atomic mass is 10.1. The normalized spacial score (nSPS) is 10.7. The van der Waals surface area contributed by atoms with E-state index in [0.717, 1.165) is 10.9 Å². The topological polar surface area (TPSA) is 0 Å². The zero-order valence-electron chi connectivity index (χ0n) is 7.14. The molecule has 2 aromatic rings. The number of fused-ring (bicyclic) bond motifs is 1. The molecule has 0 radical (unpaired) electrons. The van der Waals surface area contributed by atoms with Crippen molar-refractivity contribution in [2.24, 2.45) is 0 Å². The summed E-state index contributed by atoms with van der Waals surface area (Å²) < 4.78 is 26.0. The van der Waals surface area contributed by atoms with Gasteiger partial charge < -0.3 is 0 Å². The molecule has 0 heterocycles. The third-order valence-electron chi connectivity index (χ3n) is 2.01. The minimum atomic E-state index is -0.407. The Hall–Kier alpha value is -1.44. The SMILES string of the molecule is Cc1cc(F)c2cc(F)ccc2c1. The highest BCUT2D eigenvalue weighted by Crippen LogP contribution is 2.20. The van der Waals surface area contributed by atoms with Gasteiger partial charge in [0.15, 0.2) is 0 Å². The van der Waals surface area contributed by atoms with Crippen molar-refractivity contribution in [2.45, 2.75) is 6.92 Å². The van der Waals surface area contributed by atoms with Gasteiger partial charge in [-0.15, -0.1) is 0 Å². The standard InChI is InChI=1S/C11H8F2/c1-7-4-8-2-3-9(12)6-10(8)11(13)5-7/h2-6H,1H3. The average Bonchev–Trinajstić information content (AvgIpc) is 2.06. The van der Waals surface area contributed by atoms with Gasteiger partial charge in [0.1, 0.15) is 11.6 Å². The van der Waals surface area contributed by atoms with E-state index in [4.69, 9.17) is 0 Å². The van der Waals surface area contributed by atoms with Crippen LogP contribution in [0.5, 0.6) is 0 Å². The van der Waals surface area contributed by atoms with Gasteiger partial charge in [-0.25, -0.2) is 8.78 Å². The van der Waals surface area contributed by atoms with Gasteiger partial charge in [0, 0.05) is 5.39 Å². The van der Waals surface area contributed by atoms with Crippen LogP contribution in [0.4, 0.5) is 8.78 Å². The Bertz CT molecular complexity index is 461. The fourth-order valence-corrected chi connectivity index (χ4v) is 1.43. The first-order valence-electron chi connectivity index (χ1n) is 4.02. The highest BCUT2D eigenvalue weighted by atomic mass is 19.1. The van der Waals surface area contributed by atoms with Gasteiger partial charge in [-0.2, -0.15) is 0 Å². The Morgan fingerprint density at radius 2 is 1.77 bits per heavy atom. The summed E-state index contributed by atoms with van der Waals surface area (Å²) in [6.45, 7) is 1.81. The zero-order valence-corrected chi connectivity index (χ0v) is 7.14. The van der Waals surface area contributed by atoms with Crippen molar-refractivity contribution in [2.75, 3.05) is 0 Å². The molecular weight excluding hydrogens is 170 g/mol. The molecule has 0 aliphatic rings. The zero-order chi connectivity index (χ0) is 9.42. The third kappa shape index (κ3) is 1.39. The Kier molecular flexibility index (Phi) is 1.76. The van der Waals surface area contributed by atoms with Crippen LogP contribution < -0.4 is 0 Å². The number of hydrogen-bond donors (Lipinski definition) is 0. The maximum Gasteiger partial charge on any atom is 0.131 e. The van der Waals surface area contributed by atoms with E-state index < -0.39 is 5.82 Å². The highest BCUT2D eigenvalue weighted by Gasteiger charge is 2.02. The second kappa shape index (κ2) is 2.80. The van der Waals surface area contributed by atoms with E-state index in [0.29, 0.717) is 5.39 Å². The maximum atomic E-state index is 13.3. The molecule has 66 valence electrons. The van der Waals surface area contributed by atoms with Gasteiger partial charge in [-0.3, -0.25) is 0 Å². The molecule has 2 aromatic carbocycles. The van der Waals surface area contributed by atoms with Crippen molar-refractivity contribution >= 4 is 10.8 Å². The smallest absolute Gasteiger partial charge is 0.131 e. The van der Waals surface area contributed by atoms with Crippen molar-refractivity contribution in [3.05, 3.63) is 47.5 Å². The molecular formula is C11H8F2. The molecule has 0 aromatic heterocycles. The van der Waals surface area contributed by atoms with Crippen molar-refractivity contribution < 1.29 is 8.78 Å². The number of halogens is 2. The molecule has 2 rings (SSSR count). The first-order valence-corrected chi connectivity index (χ1v) is 4.02. The van der Waals surface area contributed by atoms with Crippen LogP contribution in [0.15, 0.2) is 30.3 Å². The summed E-state index contributed by atoms with van der Waals surface area (Å²) in [7, 11) is 0. The third-order valence-corrected chi connectivity index (χ3v) is 2.01. The molecule has 2 heteroatoms. The van der Waals surface area contributed by atoms with Crippen LogP contribution in [-0.4, -0.2) is 0 Å². The summed E-state index contributed by atoms with van der Waals surface area (Å²) in [5, 5.41) is 1.07. The Morgan fingerprint density at radius 1 is 1.00 bits per heavy atom. The molecule has 0 aliphatic heterocycles. The lowest BCUT2D eigenvalue weighted by Gasteiger charge is -2.01. The predicted molar refractivity (Wildman–Crippen MR) is 48.6 cm³/mol. The van der Waals surface area contributed by atoms with Crippen LogP contribution in [0, 0.1) is 18.6 Å². The van der Waals surface area contributed by atoms with E-state index in [9.17, 15) is 8.78 Å².